The van der Waals surface area contributed by atoms with E-state index in [1.165, 1.54) is 12.1 Å². The van der Waals surface area contributed by atoms with Gasteiger partial charge in [0.05, 0.1) is 31.0 Å². The first-order valence-corrected chi connectivity index (χ1v) is 4.65. The summed E-state index contributed by atoms with van der Waals surface area (Å²) in [6.07, 6.45) is -0.687. The maximum absolute atomic E-state index is 13.2. The molecular weight excluding hydrogens is 204 g/mol. The molecule has 1 aromatic rings. The molecule has 82 valence electrons. The Kier molecular flexibility index (Phi) is 2.83. The number of ether oxygens (including phenoxy) is 1. The number of halogens is 2. The van der Waals surface area contributed by atoms with Crippen molar-refractivity contribution in [2.24, 2.45) is 0 Å². The van der Waals surface area contributed by atoms with Crippen LogP contribution < -0.4 is 5.32 Å². The molecule has 2 rings (SSSR count). The van der Waals surface area contributed by atoms with Crippen molar-refractivity contribution in [2.75, 3.05) is 18.5 Å². The van der Waals surface area contributed by atoms with E-state index in [1.807, 2.05) is 0 Å². The average molecular weight is 215 g/mol. The highest BCUT2D eigenvalue weighted by Crippen LogP contribution is 2.19. The van der Waals surface area contributed by atoms with Crippen molar-refractivity contribution in [1.29, 1.82) is 0 Å². The van der Waals surface area contributed by atoms with Crippen LogP contribution in [0.25, 0.3) is 0 Å². The van der Waals surface area contributed by atoms with E-state index in [9.17, 15) is 13.9 Å². The Hall–Kier alpha value is -1.20. The minimum atomic E-state index is -0.934. The van der Waals surface area contributed by atoms with Crippen molar-refractivity contribution in [1.82, 2.24) is 0 Å². The lowest BCUT2D eigenvalue weighted by Gasteiger charge is -2.16. The second kappa shape index (κ2) is 4.12. The second-order valence-corrected chi connectivity index (χ2v) is 3.46. The number of hydrogen-bond acceptors (Lipinski definition) is 3. The van der Waals surface area contributed by atoms with Crippen LogP contribution in [0.2, 0.25) is 0 Å². The van der Waals surface area contributed by atoms with E-state index in [1.54, 1.807) is 0 Å². The highest BCUT2D eigenvalue weighted by atomic mass is 19.2. The molecular formula is C10H11F2NO2. The van der Waals surface area contributed by atoms with E-state index < -0.39 is 17.7 Å². The van der Waals surface area contributed by atoms with Gasteiger partial charge < -0.3 is 15.2 Å². The van der Waals surface area contributed by atoms with E-state index in [4.69, 9.17) is 4.74 Å². The van der Waals surface area contributed by atoms with Gasteiger partial charge in [0, 0.05) is 0 Å². The first kappa shape index (κ1) is 10.3. The molecule has 0 spiro atoms. The molecule has 3 nitrogen and oxygen atoms in total. The monoisotopic (exact) mass is 215 g/mol. The van der Waals surface area contributed by atoms with Gasteiger partial charge in [0.15, 0.2) is 11.6 Å². The molecule has 1 heterocycles. The van der Waals surface area contributed by atoms with Crippen LogP contribution in [0.4, 0.5) is 14.5 Å². The maximum atomic E-state index is 13.2. The third-order valence-corrected chi connectivity index (χ3v) is 2.34. The average Bonchev–Trinajstić information content (AvgIpc) is 2.60. The molecule has 1 aliphatic heterocycles. The Morgan fingerprint density at radius 2 is 2.13 bits per heavy atom. The SMILES string of the molecule is O[C@@H]1COC[C@H]1Nc1cccc(F)c1F. The normalized spacial score (nSPS) is 25.5. The smallest absolute Gasteiger partial charge is 0.181 e. The molecule has 0 aliphatic carbocycles. The van der Waals surface area contributed by atoms with Crippen LogP contribution in [0.5, 0.6) is 0 Å². The van der Waals surface area contributed by atoms with Gasteiger partial charge in [0.25, 0.3) is 0 Å². The Morgan fingerprint density at radius 3 is 2.80 bits per heavy atom. The maximum Gasteiger partial charge on any atom is 0.181 e. The van der Waals surface area contributed by atoms with Crippen LogP contribution in [-0.2, 0) is 4.74 Å². The Labute approximate surface area is 85.7 Å². The zero-order valence-corrected chi connectivity index (χ0v) is 7.91. The molecule has 2 N–H and O–H groups in total. The fourth-order valence-corrected chi connectivity index (χ4v) is 1.50. The highest BCUT2D eigenvalue weighted by molar-refractivity contribution is 5.46. The number of benzene rings is 1. The lowest BCUT2D eigenvalue weighted by Crippen LogP contribution is -2.32. The lowest BCUT2D eigenvalue weighted by molar-refractivity contribution is 0.125. The fourth-order valence-electron chi connectivity index (χ4n) is 1.50. The first-order chi connectivity index (χ1) is 7.18. The summed E-state index contributed by atoms with van der Waals surface area (Å²) in [4.78, 5) is 0. The second-order valence-electron chi connectivity index (χ2n) is 3.46. The van der Waals surface area contributed by atoms with Crippen molar-refractivity contribution in [2.45, 2.75) is 12.1 Å². The van der Waals surface area contributed by atoms with Crippen LogP contribution >= 0.6 is 0 Å². The highest BCUT2D eigenvalue weighted by Gasteiger charge is 2.26. The van der Waals surface area contributed by atoms with E-state index in [-0.39, 0.29) is 24.9 Å². The third kappa shape index (κ3) is 2.08. The number of aliphatic hydroxyl groups is 1. The molecule has 0 aromatic heterocycles. The number of anilines is 1. The van der Waals surface area contributed by atoms with Gasteiger partial charge in [-0.25, -0.2) is 8.78 Å². The summed E-state index contributed by atoms with van der Waals surface area (Å²) >= 11 is 0. The van der Waals surface area contributed by atoms with Gasteiger partial charge in [-0.1, -0.05) is 6.07 Å². The van der Waals surface area contributed by atoms with Crippen molar-refractivity contribution in [3.05, 3.63) is 29.8 Å². The van der Waals surface area contributed by atoms with Gasteiger partial charge >= 0.3 is 0 Å². The van der Waals surface area contributed by atoms with E-state index in [0.717, 1.165) is 6.07 Å². The predicted molar refractivity (Wildman–Crippen MR) is 50.6 cm³/mol. The van der Waals surface area contributed by atoms with E-state index in [0.29, 0.717) is 0 Å². The molecule has 1 fully saturated rings. The number of nitrogens with one attached hydrogen (secondary N) is 1. The van der Waals surface area contributed by atoms with E-state index in [2.05, 4.69) is 5.32 Å². The lowest BCUT2D eigenvalue weighted by atomic mass is 10.2. The Morgan fingerprint density at radius 1 is 1.33 bits per heavy atom. The molecule has 0 bridgehead atoms. The summed E-state index contributed by atoms with van der Waals surface area (Å²) in [6.45, 7) is 0.506. The first-order valence-electron chi connectivity index (χ1n) is 4.65. The third-order valence-electron chi connectivity index (χ3n) is 2.34. The van der Waals surface area contributed by atoms with Crippen LogP contribution in [-0.4, -0.2) is 30.5 Å². The van der Waals surface area contributed by atoms with E-state index >= 15 is 0 Å². The number of hydrogen-bond donors (Lipinski definition) is 2. The van der Waals surface area contributed by atoms with Gasteiger partial charge in [-0.3, -0.25) is 0 Å². The summed E-state index contributed by atoms with van der Waals surface area (Å²) in [5.41, 5.74) is 0.0459. The molecule has 1 aliphatic rings. The zero-order valence-electron chi connectivity index (χ0n) is 7.91. The van der Waals surface area contributed by atoms with Gasteiger partial charge in [-0.05, 0) is 12.1 Å². The van der Waals surface area contributed by atoms with Crippen LogP contribution in [0, 0.1) is 11.6 Å². The molecule has 5 heteroatoms. The molecule has 0 amide bonds. The molecule has 0 unspecified atom stereocenters. The number of rotatable bonds is 2. The summed E-state index contributed by atoms with van der Waals surface area (Å²) in [5.74, 6) is -1.84. The molecule has 0 radical (unpaired) electrons. The van der Waals surface area contributed by atoms with Crippen LogP contribution in [0.3, 0.4) is 0 Å². The standard InChI is InChI=1S/C10H11F2NO2/c11-6-2-1-3-7(10(6)12)13-8-4-15-5-9(8)14/h1-3,8-9,13-14H,4-5H2/t8-,9-/m1/s1. The zero-order chi connectivity index (χ0) is 10.8. The van der Waals surface area contributed by atoms with Gasteiger partial charge in [-0.2, -0.15) is 0 Å². The van der Waals surface area contributed by atoms with Crippen LogP contribution in [0.1, 0.15) is 0 Å². The van der Waals surface area contributed by atoms with Crippen molar-refractivity contribution in [3.63, 3.8) is 0 Å². The van der Waals surface area contributed by atoms with Gasteiger partial charge in [0.2, 0.25) is 0 Å². The predicted octanol–water partition coefficient (Wildman–Crippen LogP) is 1.14. The summed E-state index contributed by atoms with van der Waals surface area (Å²) < 4.78 is 31.0. The minimum absolute atomic E-state index is 0.0459. The van der Waals surface area contributed by atoms with Crippen molar-refractivity contribution < 1.29 is 18.6 Å². The summed E-state index contributed by atoms with van der Waals surface area (Å²) in [6, 6.07) is 3.48. The largest absolute Gasteiger partial charge is 0.388 e. The Bertz CT molecular complexity index is 359. The summed E-state index contributed by atoms with van der Waals surface area (Å²) in [7, 11) is 0. The minimum Gasteiger partial charge on any atom is -0.388 e. The van der Waals surface area contributed by atoms with Crippen LogP contribution in [0.15, 0.2) is 18.2 Å². The topological polar surface area (TPSA) is 41.5 Å². The van der Waals surface area contributed by atoms with Crippen molar-refractivity contribution in [3.8, 4) is 0 Å². The molecule has 0 saturated carbocycles. The molecule has 15 heavy (non-hydrogen) atoms. The molecule has 1 saturated heterocycles. The quantitative estimate of drug-likeness (QED) is 0.777. The van der Waals surface area contributed by atoms with Gasteiger partial charge in [-0.15, -0.1) is 0 Å². The summed E-state index contributed by atoms with van der Waals surface area (Å²) in [5, 5.41) is 12.1. The number of aliphatic hydroxyl groups excluding tert-OH is 1. The Balaban J connectivity index is 2.13. The van der Waals surface area contributed by atoms with Gasteiger partial charge in [0.1, 0.15) is 0 Å². The fraction of sp³-hybridized carbons (Fsp3) is 0.400. The molecule has 2 atom stereocenters. The van der Waals surface area contributed by atoms with Crippen molar-refractivity contribution >= 4 is 5.69 Å². The molecule has 1 aromatic carbocycles.